The van der Waals surface area contributed by atoms with Crippen molar-refractivity contribution in [3.05, 3.63) is 107 Å². The smallest absolute Gasteiger partial charge is 0.130 e. The molecule has 0 saturated carbocycles. The first-order valence-electron chi connectivity index (χ1n) is 12.3. The molecule has 4 heteroatoms. The molecule has 0 aromatic heterocycles. The second-order valence-corrected chi connectivity index (χ2v) is 8.90. The van der Waals surface area contributed by atoms with Gasteiger partial charge in [-0.25, -0.2) is 0 Å². The zero-order valence-corrected chi connectivity index (χ0v) is 20.6. The predicted molar refractivity (Wildman–Crippen MR) is 146 cm³/mol. The third-order valence-electron chi connectivity index (χ3n) is 5.91. The normalized spacial score (nSPS) is 10.8. The van der Waals surface area contributed by atoms with Crippen LogP contribution < -0.4 is 20.9 Å². The topological polar surface area (TPSA) is 70.5 Å². The van der Waals surface area contributed by atoms with Gasteiger partial charge in [-0.1, -0.05) is 51.0 Å². The standard InChI is InChI=1S/C31H34N2O2/c1-3-5-24-20-22(7-17-30(24)34-28-13-9-26(32)10-14-28)19-23-8-18-31(25(21-23)6-4-2)35-29-15-11-27(33)12-16-29/h7-18,20-21H,3-6,19,32-33H2,1-2H3. The van der Waals surface area contributed by atoms with Crippen LogP contribution in [0.1, 0.15) is 48.9 Å². The van der Waals surface area contributed by atoms with Gasteiger partial charge in [-0.05, 0) is 102 Å². The van der Waals surface area contributed by atoms with Crippen LogP contribution in [0.3, 0.4) is 0 Å². The van der Waals surface area contributed by atoms with Gasteiger partial charge in [0.05, 0.1) is 0 Å². The zero-order chi connectivity index (χ0) is 24.6. The van der Waals surface area contributed by atoms with E-state index >= 15 is 0 Å². The van der Waals surface area contributed by atoms with E-state index < -0.39 is 0 Å². The maximum atomic E-state index is 6.17. The average Bonchev–Trinajstić information content (AvgIpc) is 2.85. The Bertz CT molecular complexity index is 1150. The molecule has 0 saturated heterocycles. The van der Waals surface area contributed by atoms with Crippen LogP contribution in [0.2, 0.25) is 0 Å². The van der Waals surface area contributed by atoms with Gasteiger partial charge in [0.2, 0.25) is 0 Å². The van der Waals surface area contributed by atoms with Gasteiger partial charge in [0.1, 0.15) is 23.0 Å². The second-order valence-electron chi connectivity index (χ2n) is 8.90. The molecule has 0 amide bonds. The lowest BCUT2D eigenvalue weighted by Gasteiger charge is -2.15. The summed E-state index contributed by atoms with van der Waals surface area (Å²) in [5.41, 5.74) is 18.1. The Kier molecular flexibility index (Phi) is 7.94. The highest BCUT2D eigenvalue weighted by Crippen LogP contribution is 2.31. The number of anilines is 2. The van der Waals surface area contributed by atoms with Gasteiger partial charge in [0, 0.05) is 11.4 Å². The van der Waals surface area contributed by atoms with E-state index in [1.807, 2.05) is 48.5 Å². The molecule has 4 aromatic rings. The monoisotopic (exact) mass is 466 g/mol. The molecule has 0 aliphatic carbocycles. The van der Waals surface area contributed by atoms with Crippen molar-refractivity contribution in [3.8, 4) is 23.0 Å². The minimum absolute atomic E-state index is 0.730. The highest BCUT2D eigenvalue weighted by Gasteiger charge is 2.10. The van der Waals surface area contributed by atoms with E-state index in [1.165, 1.54) is 22.3 Å². The number of hydrogen-bond donors (Lipinski definition) is 2. The summed E-state index contributed by atoms with van der Waals surface area (Å²) < 4.78 is 12.3. The molecule has 0 aliphatic rings. The first-order valence-corrected chi connectivity index (χ1v) is 12.3. The number of benzene rings is 4. The van der Waals surface area contributed by atoms with E-state index in [2.05, 4.69) is 50.2 Å². The van der Waals surface area contributed by atoms with Crippen molar-refractivity contribution < 1.29 is 9.47 Å². The number of ether oxygens (including phenoxy) is 2. The van der Waals surface area contributed by atoms with Crippen molar-refractivity contribution in [1.29, 1.82) is 0 Å². The zero-order valence-electron chi connectivity index (χ0n) is 20.6. The van der Waals surface area contributed by atoms with E-state index in [9.17, 15) is 0 Å². The van der Waals surface area contributed by atoms with Crippen molar-refractivity contribution in [2.75, 3.05) is 11.5 Å². The molecular formula is C31H34N2O2. The summed E-state index contributed by atoms with van der Waals surface area (Å²) in [6.45, 7) is 4.38. The SMILES string of the molecule is CCCc1cc(Cc2ccc(Oc3ccc(N)cc3)c(CCC)c2)ccc1Oc1ccc(N)cc1. The molecule has 4 N–H and O–H groups in total. The third-order valence-corrected chi connectivity index (χ3v) is 5.91. The average molecular weight is 467 g/mol. The fourth-order valence-electron chi connectivity index (χ4n) is 4.18. The maximum absolute atomic E-state index is 6.17. The Hall–Kier alpha value is -3.92. The van der Waals surface area contributed by atoms with Gasteiger partial charge in [0.25, 0.3) is 0 Å². The third kappa shape index (κ3) is 6.57. The van der Waals surface area contributed by atoms with Crippen molar-refractivity contribution in [1.82, 2.24) is 0 Å². The molecule has 0 spiro atoms. The Morgan fingerprint density at radius 1 is 0.543 bits per heavy atom. The molecule has 0 aliphatic heterocycles. The van der Waals surface area contributed by atoms with Crippen molar-refractivity contribution >= 4 is 11.4 Å². The van der Waals surface area contributed by atoms with Crippen LogP contribution in [0, 0.1) is 0 Å². The first-order chi connectivity index (χ1) is 17.0. The quantitative estimate of drug-likeness (QED) is 0.233. The molecule has 4 rings (SSSR count). The molecule has 0 unspecified atom stereocenters. The number of hydrogen-bond acceptors (Lipinski definition) is 4. The second kappa shape index (κ2) is 11.5. The summed E-state index contributed by atoms with van der Waals surface area (Å²) in [4.78, 5) is 0. The van der Waals surface area contributed by atoms with Crippen LogP contribution in [-0.2, 0) is 19.3 Å². The van der Waals surface area contributed by atoms with Gasteiger partial charge in [-0.3, -0.25) is 0 Å². The van der Waals surface area contributed by atoms with Crippen LogP contribution in [-0.4, -0.2) is 0 Å². The first kappa shape index (κ1) is 24.2. The van der Waals surface area contributed by atoms with Crippen molar-refractivity contribution in [3.63, 3.8) is 0 Å². The van der Waals surface area contributed by atoms with Gasteiger partial charge in [-0.2, -0.15) is 0 Å². The fourth-order valence-corrected chi connectivity index (χ4v) is 4.18. The van der Waals surface area contributed by atoms with Crippen molar-refractivity contribution in [2.45, 2.75) is 46.0 Å². The number of rotatable bonds is 10. The Morgan fingerprint density at radius 2 is 0.943 bits per heavy atom. The van der Waals surface area contributed by atoms with E-state index in [4.69, 9.17) is 20.9 Å². The summed E-state index contributed by atoms with van der Waals surface area (Å²) in [5, 5.41) is 0. The van der Waals surface area contributed by atoms with Crippen LogP contribution >= 0.6 is 0 Å². The van der Waals surface area contributed by atoms with Gasteiger partial charge < -0.3 is 20.9 Å². The highest BCUT2D eigenvalue weighted by molar-refractivity contribution is 5.48. The van der Waals surface area contributed by atoms with E-state index in [1.54, 1.807) is 0 Å². The van der Waals surface area contributed by atoms with Gasteiger partial charge in [0.15, 0.2) is 0 Å². The number of aryl methyl sites for hydroxylation is 2. The summed E-state index contributed by atoms with van der Waals surface area (Å²) in [6.07, 6.45) is 4.90. The largest absolute Gasteiger partial charge is 0.457 e. The lowest BCUT2D eigenvalue weighted by Crippen LogP contribution is -1.98. The molecule has 4 nitrogen and oxygen atoms in total. The molecule has 0 fully saturated rings. The lowest BCUT2D eigenvalue weighted by atomic mass is 9.97. The Labute approximate surface area is 208 Å². The molecule has 4 aromatic carbocycles. The number of nitrogen functional groups attached to an aromatic ring is 2. The van der Waals surface area contributed by atoms with Crippen molar-refractivity contribution in [2.24, 2.45) is 0 Å². The summed E-state index contributed by atoms with van der Waals surface area (Å²) in [6, 6.07) is 28.1. The minimum Gasteiger partial charge on any atom is -0.457 e. The molecular weight excluding hydrogens is 432 g/mol. The molecule has 0 bridgehead atoms. The maximum Gasteiger partial charge on any atom is 0.130 e. The van der Waals surface area contributed by atoms with E-state index in [0.717, 1.165) is 66.5 Å². The minimum atomic E-state index is 0.730. The molecule has 0 radical (unpaired) electrons. The lowest BCUT2D eigenvalue weighted by molar-refractivity contribution is 0.475. The summed E-state index contributed by atoms with van der Waals surface area (Å²) in [7, 11) is 0. The number of nitrogens with two attached hydrogens (primary N) is 2. The molecule has 0 heterocycles. The van der Waals surface area contributed by atoms with Crippen LogP contribution in [0.5, 0.6) is 23.0 Å². The van der Waals surface area contributed by atoms with E-state index in [-0.39, 0.29) is 0 Å². The highest BCUT2D eigenvalue weighted by atomic mass is 16.5. The Balaban J connectivity index is 1.54. The molecule has 180 valence electrons. The molecule has 0 atom stereocenters. The van der Waals surface area contributed by atoms with Gasteiger partial charge in [-0.15, -0.1) is 0 Å². The van der Waals surface area contributed by atoms with Gasteiger partial charge >= 0.3 is 0 Å². The van der Waals surface area contributed by atoms with Crippen LogP contribution in [0.15, 0.2) is 84.9 Å². The summed E-state index contributed by atoms with van der Waals surface area (Å²) >= 11 is 0. The van der Waals surface area contributed by atoms with E-state index in [0.29, 0.717) is 0 Å². The van der Waals surface area contributed by atoms with Crippen LogP contribution in [0.25, 0.3) is 0 Å². The fraction of sp³-hybridized carbons (Fsp3) is 0.226. The Morgan fingerprint density at radius 3 is 1.31 bits per heavy atom. The predicted octanol–water partition coefficient (Wildman–Crippen LogP) is 7.93. The molecule has 35 heavy (non-hydrogen) atoms. The van der Waals surface area contributed by atoms with Crippen LogP contribution in [0.4, 0.5) is 11.4 Å². The summed E-state index contributed by atoms with van der Waals surface area (Å²) in [5.74, 6) is 3.40.